The number of benzene rings is 1. The SMILES string of the molecule is CCCC(CCCOc1ccccc1OCC)NC. The fourth-order valence-corrected chi connectivity index (χ4v) is 2.14. The maximum atomic E-state index is 5.81. The Morgan fingerprint density at radius 1 is 1.05 bits per heavy atom. The minimum absolute atomic E-state index is 0.607. The second-order valence-corrected chi connectivity index (χ2v) is 4.64. The van der Waals surface area contributed by atoms with Crippen LogP contribution in [0.5, 0.6) is 11.5 Å². The third-order valence-electron chi connectivity index (χ3n) is 3.15. The van der Waals surface area contributed by atoms with Crippen molar-refractivity contribution in [1.29, 1.82) is 0 Å². The Labute approximate surface area is 117 Å². The van der Waals surface area contributed by atoms with Crippen LogP contribution in [-0.4, -0.2) is 26.3 Å². The zero-order chi connectivity index (χ0) is 13.9. The summed E-state index contributed by atoms with van der Waals surface area (Å²) in [5.74, 6) is 1.68. The predicted octanol–water partition coefficient (Wildman–Crippen LogP) is 3.63. The van der Waals surface area contributed by atoms with Gasteiger partial charge in [0.25, 0.3) is 0 Å². The van der Waals surface area contributed by atoms with Crippen molar-refractivity contribution < 1.29 is 9.47 Å². The lowest BCUT2D eigenvalue weighted by Gasteiger charge is -2.16. The zero-order valence-electron chi connectivity index (χ0n) is 12.4. The lowest BCUT2D eigenvalue weighted by Crippen LogP contribution is -2.25. The summed E-state index contributed by atoms with van der Waals surface area (Å²) < 4.78 is 11.3. The Kier molecular flexibility index (Phi) is 8.07. The van der Waals surface area contributed by atoms with Crippen LogP contribution in [-0.2, 0) is 0 Å². The highest BCUT2D eigenvalue weighted by molar-refractivity contribution is 5.39. The Balaban J connectivity index is 2.32. The lowest BCUT2D eigenvalue weighted by atomic mass is 10.1. The van der Waals surface area contributed by atoms with E-state index in [2.05, 4.69) is 12.2 Å². The van der Waals surface area contributed by atoms with Gasteiger partial charge in [-0.05, 0) is 45.4 Å². The van der Waals surface area contributed by atoms with Crippen molar-refractivity contribution in [3.63, 3.8) is 0 Å². The number of nitrogens with one attached hydrogen (secondary N) is 1. The Morgan fingerprint density at radius 3 is 2.32 bits per heavy atom. The van der Waals surface area contributed by atoms with Crippen molar-refractivity contribution in [3.05, 3.63) is 24.3 Å². The molecule has 19 heavy (non-hydrogen) atoms. The molecule has 0 bridgehead atoms. The maximum absolute atomic E-state index is 5.81. The fraction of sp³-hybridized carbons (Fsp3) is 0.625. The van der Waals surface area contributed by atoms with Crippen molar-refractivity contribution in [3.8, 4) is 11.5 Å². The van der Waals surface area contributed by atoms with Crippen LogP contribution in [0.2, 0.25) is 0 Å². The Morgan fingerprint density at radius 2 is 1.74 bits per heavy atom. The molecule has 0 aromatic heterocycles. The highest BCUT2D eigenvalue weighted by Crippen LogP contribution is 2.26. The summed E-state index contributed by atoms with van der Waals surface area (Å²) in [5.41, 5.74) is 0. The summed E-state index contributed by atoms with van der Waals surface area (Å²) in [7, 11) is 2.03. The molecule has 0 aliphatic heterocycles. The van der Waals surface area contributed by atoms with Gasteiger partial charge >= 0.3 is 0 Å². The molecular weight excluding hydrogens is 238 g/mol. The van der Waals surface area contributed by atoms with Crippen LogP contribution >= 0.6 is 0 Å². The molecule has 1 rings (SSSR count). The second kappa shape index (κ2) is 9.68. The van der Waals surface area contributed by atoms with Gasteiger partial charge in [-0.1, -0.05) is 25.5 Å². The molecule has 3 nitrogen and oxygen atoms in total. The summed E-state index contributed by atoms with van der Waals surface area (Å²) in [6.07, 6.45) is 4.67. The second-order valence-electron chi connectivity index (χ2n) is 4.64. The average molecular weight is 265 g/mol. The first-order chi connectivity index (χ1) is 9.31. The third kappa shape index (κ3) is 5.97. The minimum Gasteiger partial charge on any atom is -0.490 e. The first-order valence-electron chi connectivity index (χ1n) is 7.33. The van der Waals surface area contributed by atoms with Gasteiger partial charge in [-0.25, -0.2) is 0 Å². The number of ether oxygens (including phenoxy) is 2. The van der Waals surface area contributed by atoms with E-state index in [1.54, 1.807) is 0 Å². The lowest BCUT2D eigenvalue weighted by molar-refractivity contribution is 0.265. The normalized spacial score (nSPS) is 12.2. The van der Waals surface area contributed by atoms with Crippen molar-refractivity contribution in [2.45, 2.75) is 45.6 Å². The zero-order valence-corrected chi connectivity index (χ0v) is 12.4. The minimum atomic E-state index is 0.607. The molecular formula is C16H27NO2. The van der Waals surface area contributed by atoms with Crippen molar-refractivity contribution in [2.24, 2.45) is 0 Å². The van der Waals surface area contributed by atoms with Gasteiger partial charge in [-0.15, -0.1) is 0 Å². The number of hydrogen-bond acceptors (Lipinski definition) is 3. The van der Waals surface area contributed by atoms with Crippen LogP contribution < -0.4 is 14.8 Å². The molecule has 0 saturated carbocycles. The summed E-state index contributed by atoms with van der Waals surface area (Å²) in [6.45, 7) is 5.61. The van der Waals surface area contributed by atoms with E-state index in [1.165, 1.54) is 12.8 Å². The van der Waals surface area contributed by atoms with Crippen LogP contribution in [0.25, 0.3) is 0 Å². The van der Waals surface area contributed by atoms with Crippen LogP contribution in [0, 0.1) is 0 Å². The third-order valence-corrected chi connectivity index (χ3v) is 3.15. The molecule has 0 amide bonds. The van der Waals surface area contributed by atoms with Gasteiger partial charge in [0, 0.05) is 6.04 Å². The molecule has 0 spiro atoms. The monoisotopic (exact) mass is 265 g/mol. The van der Waals surface area contributed by atoms with Crippen molar-refractivity contribution in [1.82, 2.24) is 5.32 Å². The predicted molar refractivity (Wildman–Crippen MR) is 80.1 cm³/mol. The molecule has 1 N–H and O–H groups in total. The first kappa shape index (κ1) is 15.8. The van der Waals surface area contributed by atoms with Crippen LogP contribution in [0.1, 0.15) is 39.5 Å². The summed E-state index contributed by atoms with van der Waals surface area (Å²) in [4.78, 5) is 0. The number of hydrogen-bond donors (Lipinski definition) is 1. The van der Waals surface area contributed by atoms with E-state index >= 15 is 0 Å². The molecule has 1 atom stereocenters. The van der Waals surface area contributed by atoms with Gasteiger partial charge in [-0.2, -0.15) is 0 Å². The smallest absolute Gasteiger partial charge is 0.161 e. The standard InChI is InChI=1S/C16H27NO2/c1-4-9-14(17-3)10-8-13-19-16-12-7-6-11-15(16)18-5-2/h6-7,11-12,14,17H,4-5,8-10,13H2,1-3H3. The highest BCUT2D eigenvalue weighted by Gasteiger charge is 2.06. The van der Waals surface area contributed by atoms with Crippen LogP contribution in [0.3, 0.4) is 0 Å². The molecule has 0 fully saturated rings. The summed E-state index contributed by atoms with van der Waals surface area (Å²) in [6, 6.07) is 8.47. The largest absolute Gasteiger partial charge is 0.490 e. The number of rotatable bonds is 10. The summed E-state index contributed by atoms with van der Waals surface area (Å²) in [5, 5.41) is 3.35. The molecule has 0 aliphatic rings. The van der Waals surface area contributed by atoms with E-state index in [0.29, 0.717) is 12.6 Å². The number of para-hydroxylation sites is 2. The molecule has 0 aliphatic carbocycles. The first-order valence-corrected chi connectivity index (χ1v) is 7.33. The molecule has 3 heteroatoms. The molecule has 108 valence electrons. The van der Waals surface area contributed by atoms with Gasteiger partial charge in [0.15, 0.2) is 11.5 Å². The van der Waals surface area contributed by atoms with E-state index in [1.807, 2.05) is 38.2 Å². The van der Waals surface area contributed by atoms with E-state index in [-0.39, 0.29) is 0 Å². The molecule has 1 aromatic carbocycles. The van der Waals surface area contributed by atoms with Gasteiger partial charge in [0.1, 0.15) is 0 Å². The van der Waals surface area contributed by atoms with Gasteiger partial charge in [-0.3, -0.25) is 0 Å². The highest BCUT2D eigenvalue weighted by atomic mass is 16.5. The van der Waals surface area contributed by atoms with E-state index in [4.69, 9.17) is 9.47 Å². The fourth-order valence-electron chi connectivity index (χ4n) is 2.14. The maximum Gasteiger partial charge on any atom is 0.161 e. The van der Waals surface area contributed by atoms with Crippen molar-refractivity contribution in [2.75, 3.05) is 20.3 Å². The topological polar surface area (TPSA) is 30.5 Å². The Bertz CT molecular complexity index is 341. The van der Waals surface area contributed by atoms with Gasteiger partial charge in [0.2, 0.25) is 0 Å². The Hall–Kier alpha value is -1.22. The van der Waals surface area contributed by atoms with E-state index < -0.39 is 0 Å². The molecule has 0 radical (unpaired) electrons. The molecule has 0 heterocycles. The van der Waals surface area contributed by atoms with Crippen molar-refractivity contribution >= 4 is 0 Å². The van der Waals surface area contributed by atoms with Gasteiger partial charge < -0.3 is 14.8 Å². The molecule has 1 aromatic rings. The van der Waals surface area contributed by atoms with E-state index in [0.717, 1.165) is 30.9 Å². The quantitative estimate of drug-likeness (QED) is 0.655. The van der Waals surface area contributed by atoms with E-state index in [9.17, 15) is 0 Å². The molecule has 1 unspecified atom stereocenters. The van der Waals surface area contributed by atoms with Crippen LogP contribution in [0.15, 0.2) is 24.3 Å². The molecule has 0 saturated heterocycles. The van der Waals surface area contributed by atoms with Crippen LogP contribution in [0.4, 0.5) is 0 Å². The van der Waals surface area contributed by atoms with Gasteiger partial charge in [0.05, 0.1) is 13.2 Å². The summed E-state index contributed by atoms with van der Waals surface area (Å²) >= 11 is 0. The average Bonchev–Trinajstić information content (AvgIpc) is 2.44.